The molecule has 0 saturated carbocycles. The van der Waals surface area contributed by atoms with Crippen molar-refractivity contribution in [2.75, 3.05) is 36.2 Å². The maximum Gasteiger partial charge on any atom is 0.276 e. The van der Waals surface area contributed by atoms with Crippen LogP contribution in [0.1, 0.15) is 13.8 Å². The second-order valence-corrected chi connectivity index (χ2v) is 10.0. The Balaban J connectivity index is 1.61. The molecule has 0 aliphatic heterocycles. The minimum Gasteiger partial charge on any atom is -0.482 e. The number of ether oxygens (including phenoxy) is 1. The molecule has 1 heterocycles. The number of benzene rings is 2. The van der Waals surface area contributed by atoms with Gasteiger partial charge in [0.1, 0.15) is 17.8 Å². The number of anilines is 4. The molecule has 0 spiro atoms. The number of aromatic nitrogens is 2. The van der Waals surface area contributed by atoms with Gasteiger partial charge in [0.05, 0.1) is 9.92 Å². The number of nitrogens with two attached hydrogens (primary N) is 1. The molecule has 0 aliphatic rings. The van der Waals surface area contributed by atoms with Crippen LogP contribution in [0, 0.1) is 0 Å². The minimum atomic E-state index is -3.57. The molecule has 0 bridgehead atoms. The van der Waals surface area contributed by atoms with E-state index in [0.29, 0.717) is 29.5 Å². The molecule has 2 aromatic carbocycles. The molecule has 0 radical (unpaired) electrons. The Bertz CT molecular complexity index is 1320. The first-order valence-electron chi connectivity index (χ1n) is 10.8. The molecule has 0 atom stereocenters. The first-order chi connectivity index (χ1) is 17.1. The van der Waals surface area contributed by atoms with Crippen molar-refractivity contribution in [3.05, 3.63) is 58.8 Å². The number of carbonyl (C=O) groups is 1. The largest absolute Gasteiger partial charge is 0.482 e. The highest BCUT2D eigenvalue weighted by Crippen LogP contribution is 2.28. The van der Waals surface area contributed by atoms with Crippen molar-refractivity contribution in [2.45, 2.75) is 18.7 Å². The second kappa shape index (κ2) is 12.1. The van der Waals surface area contributed by atoms with Crippen molar-refractivity contribution in [1.82, 2.24) is 19.7 Å². The summed E-state index contributed by atoms with van der Waals surface area (Å²) in [5.74, 6) is 0.190. The zero-order valence-corrected chi connectivity index (χ0v) is 21.8. The van der Waals surface area contributed by atoms with Crippen LogP contribution >= 0.6 is 23.2 Å². The monoisotopic (exact) mass is 553 g/mol. The Kier molecular flexibility index (Phi) is 9.15. The number of nitrogen functional groups attached to an aromatic ring is 1. The lowest BCUT2D eigenvalue weighted by molar-refractivity contribution is -0.122. The van der Waals surface area contributed by atoms with E-state index in [1.165, 1.54) is 28.8 Å². The number of halogens is 2. The molecule has 0 fully saturated rings. The van der Waals surface area contributed by atoms with Gasteiger partial charge in [0.25, 0.3) is 5.91 Å². The fourth-order valence-electron chi connectivity index (χ4n) is 3.05. The predicted molar refractivity (Wildman–Crippen MR) is 140 cm³/mol. The first kappa shape index (κ1) is 27.3. The molecule has 1 aromatic heterocycles. The van der Waals surface area contributed by atoms with Gasteiger partial charge in [0.2, 0.25) is 10.0 Å². The molecule has 192 valence electrons. The summed E-state index contributed by atoms with van der Waals surface area (Å²) < 4.78 is 32.0. The fraction of sp³-hybridized carbons (Fsp3) is 0.227. The summed E-state index contributed by atoms with van der Waals surface area (Å²) in [6, 6.07) is 10.9. The van der Waals surface area contributed by atoms with E-state index in [4.69, 9.17) is 33.7 Å². The third-order valence-electron chi connectivity index (χ3n) is 4.92. The van der Waals surface area contributed by atoms with Gasteiger partial charge >= 0.3 is 0 Å². The normalized spacial score (nSPS) is 11.2. The smallest absolute Gasteiger partial charge is 0.276 e. The molecule has 5 N–H and O–H groups in total. The molecule has 3 rings (SSSR count). The van der Waals surface area contributed by atoms with Crippen LogP contribution in [-0.2, 0) is 14.8 Å². The number of amides is 1. The van der Waals surface area contributed by atoms with Gasteiger partial charge in [-0.05, 0) is 42.5 Å². The minimum absolute atomic E-state index is 0.124. The highest BCUT2D eigenvalue weighted by molar-refractivity contribution is 7.89. The second-order valence-electron chi connectivity index (χ2n) is 7.26. The average Bonchev–Trinajstić information content (AvgIpc) is 2.85. The molecule has 14 heteroatoms. The van der Waals surface area contributed by atoms with Crippen LogP contribution in [0.25, 0.3) is 0 Å². The third-order valence-corrected chi connectivity index (χ3v) is 7.51. The van der Waals surface area contributed by atoms with Gasteiger partial charge in [-0.3, -0.25) is 15.6 Å². The van der Waals surface area contributed by atoms with Crippen molar-refractivity contribution in [2.24, 2.45) is 0 Å². The van der Waals surface area contributed by atoms with E-state index < -0.39 is 15.9 Å². The van der Waals surface area contributed by atoms with Crippen LogP contribution < -0.4 is 26.6 Å². The summed E-state index contributed by atoms with van der Waals surface area (Å²) in [5, 5.41) is 3.73. The Hall–Kier alpha value is -3.32. The van der Waals surface area contributed by atoms with Crippen LogP contribution in [0.3, 0.4) is 0 Å². The lowest BCUT2D eigenvalue weighted by Crippen LogP contribution is -2.34. The van der Waals surface area contributed by atoms with E-state index in [-0.39, 0.29) is 33.8 Å². The quantitative estimate of drug-likeness (QED) is 0.260. The fourth-order valence-corrected chi connectivity index (χ4v) is 4.98. The van der Waals surface area contributed by atoms with Crippen LogP contribution in [0.4, 0.5) is 23.0 Å². The number of sulfonamides is 1. The van der Waals surface area contributed by atoms with Crippen molar-refractivity contribution >= 4 is 62.1 Å². The summed E-state index contributed by atoms with van der Waals surface area (Å²) in [6.07, 6.45) is 1.25. The third kappa shape index (κ3) is 6.66. The van der Waals surface area contributed by atoms with E-state index in [1.807, 2.05) is 0 Å². The average molecular weight is 554 g/mol. The van der Waals surface area contributed by atoms with Gasteiger partial charge in [-0.2, -0.15) is 4.31 Å². The Labute approximate surface area is 219 Å². The highest BCUT2D eigenvalue weighted by Gasteiger charge is 2.21. The zero-order valence-electron chi connectivity index (χ0n) is 19.5. The van der Waals surface area contributed by atoms with Gasteiger partial charge in [-0.25, -0.2) is 18.4 Å². The first-order valence-corrected chi connectivity index (χ1v) is 13.0. The summed E-state index contributed by atoms with van der Waals surface area (Å²) in [6.45, 7) is 4.00. The van der Waals surface area contributed by atoms with E-state index in [0.717, 1.165) is 0 Å². The summed E-state index contributed by atoms with van der Waals surface area (Å²) in [4.78, 5) is 20.4. The number of nitrogens with one attached hydrogen (secondary N) is 3. The predicted octanol–water partition coefficient (Wildman–Crippen LogP) is 3.66. The number of nitrogens with zero attached hydrogens (tertiary/aromatic N) is 3. The molecule has 11 nitrogen and oxygen atoms in total. The maximum absolute atomic E-state index is 12.6. The molecule has 0 saturated heterocycles. The van der Waals surface area contributed by atoms with Gasteiger partial charge in [-0.1, -0.05) is 37.0 Å². The van der Waals surface area contributed by atoms with Crippen LogP contribution in [-0.4, -0.2) is 48.3 Å². The van der Waals surface area contributed by atoms with Crippen LogP contribution in [0.15, 0.2) is 53.7 Å². The number of hydrogen-bond donors (Lipinski definition) is 4. The molecular weight excluding hydrogens is 529 g/mol. The van der Waals surface area contributed by atoms with Crippen LogP contribution in [0.5, 0.6) is 5.75 Å². The summed E-state index contributed by atoms with van der Waals surface area (Å²) >= 11 is 11.9. The molecule has 0 aliphatic carbocycles. The lowest BCUT2D eigenvalue weighted by Gasteiger charge is -2.18. The Morgan fingerprint density at radius 1 is 1.06 bits per heavy atom. The number of carbonyl (C=O) groups excluding carboxylic acids is 1. The SMILES string of the molecule is CCN(CC)S(=O)(=O)c1ccc(Nc2ncnc(NNC(=O)COc3ccc(Cl)cc3Cl)c2N)cc1. The van der Waals surface area contributed by atoms with Crippen LogP contribution in [0.2, 0.25) is 10.0 Å². The standard InChI is InChI=1S/C22H25Cl2N7O4S/c1-3-31(4-2)36(33,34)16-8-6-15(7-9-16)28-21-20(25)22(27-13-26-21)30-29-19(32)12-35-18-10-5-14(23)11-17(18)24/h5-11,13H,3-4,12,25H2,1-2H3,(H,29,32)(H2,26,27,28,30). The highest BCUT2D eigenvalue weighted by atomic mass is 35.5. The summed E-state index contributed by atoms with van der Waals surface area (Å²) in [5.41, 5.74) is 11.9. The van der Waals surface area contributed by atoms with Crippen molar-refractivity contribution in [1.29, 1.82) is 0 Å². The van der Waals surface area contributed by atoms with Gasteiger partial charge in [0, 0.05) is 23.8 Å². The van der Waals surface area contributed by atoms with E-state index >= 15 is 0 Å². The Morgan fingerprint density at radius 2 is 1.72 bits per heavy atom. The summed E-state index contributed by atoms with van der Waals surface area (Å²) in [7, 11) is -3.57. The van der Waals surface area contributed by atoms with Crippen molar-refractivity contribution in [3.63, 3.8) is 0 Å². The topological polar surface area (TPSA) is 152 Å². The van der Waals surface area contributed by atoms with Gasteiger partial charge < -0.3 is 15.8 Å². The molecule has 36 heavy (non-hydrogen) atoms. The lowest BCUT2D eigenvalue weighted by atomic mass is 10.3. The molecule has 0 unspecified atom stereocenters. The molecule has 3 aromatic rings. The maximum atomic E-state index is 12.6. The van der Waals surface area contributed by atoms with E-state index in [1.54, 1.807) is 38.1 Å². The van der Waals surface area contributed by atoms with Crippen molar-refractivity contribution in [3.8, 4) is 5.75 Å². The van der Waals surface area contributed by atoms with Gasteiger partial charge in [0.15, 0.2) is 18.2 Å². The van der Waals surface area contributed by atoms with E-state index in [9.17, 15) is 13.2 Å². The van der Waals surface area contributed by atoms with E-state index in [2.05, 4.69) is 26.1 Å². The number of rotatable bonds is 11. The van der Waals surface area contributed by atoms with Gasteiger partial charge in [-0.15, -0.1) is 0 Å². The molecule has 1 amide bonds. The Morgan fingerprint density at radius 3 is 2.36 bits per heavy atom. The number of hydrogen-bond acceptors (Lipinski definition) is 9. The molecular formula is C22H25Cl2N7O4S. The number of hydrazine groups is 1. The van der Waals surface area contributed by atoms with Crippen molar-refractivity contribution < 1.29 is 17.9 Å². The zero-order chi connectivity index (χ0) is 26.3.